The molecule has 0 fully saturated rings. The maximum atomic E-state index is 11.9. The number of para-hydroxylation sites is 1. The molecule has 0 aliphatic carbocycles. The summed E-state index contributed by atoms with van der Waals surface area (Å²) in [4.78, 5) is 14.7. The van der Waals surface area contributed by atoms with Crippen molar-refractivity contribution in [1.29, 1.82) is 0 Å². The summed E-state index contributed by atoms with van der Waals surface area (Å²) < 4.78 is 5.28. The molecule has 0 aliphatic heterocycles. The number of nitrogens with zero attached hydrogens (tertiary/aromatic N) is 2. The number of nitrogens with one attached hydrogen (secondary N) is 1. The Kier molecular flexibility index (Phi) is 2.44. The molecule has 0 unspecified atom stereocenters. The number of aryl methyl sites for hydroxylation is 1. The van der Waals surface area contributed by atoms with Gasteiger partial charge < -0.3 is 9.40 Å². The first-order valence-corrected chi connectivity index (χ1v) is 5.62. The SMILES string of the molecule is Cc1nnc(Cc2cc3ccccc3[nH]c2=O)o1. The highest BCUT2D eigenvalue weighted by atomic mass is 16.4. The Morgan fingerprint density at radius 2 is 2.11 bits per heavy atom. The van der Waals surface area contributed by atoms with Crippen LogP contribution in [0.4, 0.5) is 0 Å². The number of fused-ring (bicyclic) bond motifs is 1. The van der Waals surface area contributed by atoms with Gasteiger partial charge in [0.15, 0.2) is 0 Å². The van der Waals surface area contributed by atoms with Crippen molar-refractivity contribution >= 4 is 10.9 Å². The zero-order valence-corrected chi connectivity index (χ0v) is 9.80. The van der Waals surface area contributed by atoms with Gasteiger partial charge in [0.05, 0.1) is 6.42 Å². The van der Waals surface area contributed by atoms with Crippen molar-refractivity contribution in [1.82, 2.24) is 15.2 Å². The van der Waals surface area contributed by atoms with Gasteiger partial charge in [0, 0.05) is 18.0 Å². The van der Waals surface area contributed by atoms with Crippen molar-refractivity contribution in [3.05, 3.63) is 58.0 Å². The number of pyridine rings is 1. The van der Waals surface area contributed by atoms with E-state index in [-0.39, 0.29) is 5.56 Å². The number of hydrogen-bond acceptors (Lipinski definition) is 4. The Balaban J connectivity index is 2.06. The van der Waals surface area contributed by atoms with Crippen LogP contribution < -0.4 is 5.56 Å². The summed E-state index contributed by atoms with van der Waals surface area (Å²) in [5.74, 6) is 0.954. The lowest BCUT2D eigenvalue weighted by Gasteiger charge is -2.00. The van der Waals surface area contributed by atoms with E-state index in [0.29, 0.717) is 23.8 Å². The number of H-pyrrole nitrogens is 1. The molecule has 3 rings (SSSR count). The van der Waals surface area contributed by atoms with Crippen LogP contribution in [0.1, 0.15) is 17.3 Å². The van der Waals surface area contributed by atoms with Crippen molar-refractivity contribution in [2.24, 2.45) is 0 Å². The van der Waals surface area contributed by atoms with Crippen molar-refractivity contribution in [2.75, 3.05) is 0 Å². The molecular formula is C13H11N3O2. The third-order valence-electron chi connectivity index (χ3n) is 2.74. The van der Waals surface area contributed by atoms with E-state index in [1.165, 1.54) is 0 Å². The number of rotatable bonds is 2. The molecule has 0 saturated carbocycles. The third kappa shape index (κ3) is 1.90. The largest absolute Gasteiger partial charge is 0.425 e. The molecule has 0 radical (unpaired) electrons. The number of hydrogen-bond donors (Lipinski definition) is 1. The minimum absolute atomic E-state index is 0.121. The van der Waals surface area contributed by atoms with Crippen molar-refractivity contribution in [3.63, 3.8) is 0 Å². The maximum Gasteiger partial charge on any atom is 0.252 e. The van der Waals surface area contributed by atoms with Gasteiger partial charge in [0.1, 0.15) is 0 Å². The number of aromatic nitrogens is 3. The van der Waals surface area contributed by atoms with E-state index in [4.69, 9.17) is 4.42 Å². The van der Waals surface area contributed by atoms with Gasteiger partial charge in [-0.25, -0.2) is 0 Å². The summed E-state index contributed by atoms with van der Waals surface area (Å²) in [5.41, 5.74) is 1.33. The van der Waals surface area contributed by atoms with E-state index in [1.807, 2.05) is 30.3 Å². The molecule has 18 heavy (non-hydrogen) atoms. The van der Waals surface area contributed by atoms with Crippen LogP contribution in [0, 0.1) is 6.92 Å². The summed E-state index contributed by atoms with van der Waals surface area (Å²) in [6.45, 7) is 1.72. The van der Waals surface area contributed by atoms with Gasteiger partial charge in [-0.05, 0) is 17.5 Å². The highest BCUT2D eigenvalue weighted by molar-refractivity contribution is 5.78. The molecule has 0 saturated heterocycles. The lowest BCUT2D eigenvalue weighted by atomic mass is 10.1. The molecule has 0 bridgehead atoms. The molecule has 0 amide bonds. The van der Waals surface area contributed by atoms with Crippen LogP contribution in [0.3, 0.4) is 0 Å². The van der Waals surface area contributed by atoms with Gasteiger partial charge in [0.2, 0.25) is 11.8 Å². The van der Waals surface area contributed by atoms with Crippen LogP contribution >= 0.6 is 0 Å². The zero-order chi connectivity index (χ0) is 12.5. The van der Waals surface area contributed by atoms with Crippen LogP contribution in [-0.4, -0.2) is 15.2 Å². The maximum absolute atomic E-state index is 11.9. The fourth-order valence-corrected chi connectivity index (χ4v) is 1.90. The Bertz CT molecular complexity index is 758. The molecule has 1 N–H and O–H groups in total. The van der Waals surface area contributed by atoms with Crippen molar-refractivity contribution in [3.8, 4) is 0 Å². The van der Waals surface area contributed by atoms with Gasteiger partial charge in [-0.1, -0.05) is 18.2 Å². The van der Waals surface area contributed by atoms with Crippen LogP contribution in [0.5, 0.6) is 0 Å². The molecule has 3 aromatic rings. The molecule has 2 heterocycles. The average Bonchev–Trinajstić information content (AvgIpc) is 2.76. The van der Waals surface area contributed by atoms with Crippen LogP contribution in [0.25, 0.3) is 10.9 Å². The van der Waals surface area contributed by atoms with Gasteiger partial charge in [-0.15, -0.1) is 10.2 Å². The predicted octanol–water partition coefficient (Wildman–Crippen LogP) is 1.81. The average molecular weight is 241 g/mol. The van der Waals surface area contributed by atoms with Crippen molar-refractivity contribution in [2.45, 2.75) is 13.3 Å². The molecule has 1 aromatic carbocycles. The highest BCUT2D eigenvalue weighted by Gasteiger charge is 2.08. The van der Waals surface area contributed by atoms with Crippen LogP contribution in [0.15, 0.2) is 39.5 Å². The standard InChI is InChI=1S/C13H11N3O2/c1-8-15-16-12(18-8)7-10-6-9-4-2-3-5-11(9)14-13(10)17/h2-6H,7H2,1H3,(H,14,17). The topological polar surface area (TPSA) is 71.8 Å². The highest BCUT2D eigenvalue weighted by Crippen LogP contribution is 2.12. The Morgan fingerprint density at radius 1 is 1.28 bits per heavy atom. The second-order valence-electron chi connectivity index (χ2n) is 4.10. The van der Waals surface area contributed by atoms with E-state index in [2.05, 4.69) is 15.2 Å². The smallest absolute Gasteiger partial charge is 0.252 e. The Morgan fingerprint density at radius 3 is 2.89 bits per heavy atom. The molecule has 0 atom stereocenters. The summed E-state index contributed by atoms with van der Waals surface area (Å²) in [7, 11) is 0. The number of aromatic amines is 1. The van der Waals surface area contributed by atoms with E-state index in [0.717, 1.165) is 10.9 Å². The summed E-state index contributed by atoms with van der Waals surface area (Å²) in [5, 5.41) is 8.63. The third-order valence-corrected chi connectivity index (χ3v) is 2.74. The minimum atomic E-state index is -0.121. The van der Waals surface area contributed by atoms with Gasteiger partial charge >= 0.3 is 0 Å². The fourth-order valence-electron chi connectivity index (χ4n) is 1.90. The molecule has 2 aromatic heterocycles. The van der Waals surface area contributed by atoms with E-state index in [1.54, 1.807) is 6.92 Å². The molecule has 90 valence electrons. The lowest BCUT2D eigenvalue weighted by Crippen LogP contribution is -2.12. The molecular weight excluding hydrogens is 230 g/mol. The van der Waals surface area contributed by atoms with Crippen LogP contribution in [0.2, 0.25) is 0 Å². The molecule has 5 nitrogen and oxygen atoms in total. The summed E-state index contributed by atoms with van der Waals surface area (Å²) in [6, 6.07) is 9.50. The fraction of sp³-hybridized carbons (Fsp3) is 0.154. The van der Waals surface area contributed by atoms with Gasteiger partial charge in [-0.2, -0.15) is 0 Å². The van der Waals surface area contributed by atoms with Gasteiger partial charge in [0.25, 0.3) is 5.56 Å². The zero-order valence-electron chi connectivity index (χ0n) is 9.80. The molecule has 0 aliphatic rings. The normalized spacial score (nSPS) is 10.9. The van der Waals surface area contributed by atoms with Gasteiger partial charge in [-0.3, -0.25) is 4.79 Å². The second kappa shape index (κ2) is 4.10. The van der Waals surface area contributed by atoms with E-state index >= 15 is 0 Å². The first-order valence-electron chi connectivity index (χ1n) is 5.62. The quantitative estimate of drug-likeness (QED) is 0.742. The number of benzene rings is 1. The lowest BCUT2D eigenvalue weighted by molar-refractivity contribution is 0.477. The molecule has 0 spiro atoms. The van der Waals surface area contributed by atoms with Crippen molar-refractivity contribution < 1.29 is 4.42 Å². The predicted molar refractivity (Wildman–Crippen MR) is 66.4 cm³/mol. The first kappa shape index (κ1) is 10.7. The minimum Gasteiger partial charge on any atom is -0.425 e. The Labute approximate surface area is 102 Å². The Hall–Kier alpha value is -2.43. The van der Waals surface area contributed by atoms with E-state index < -0.39 is 0 Å². The summed E-state index contributed by atoms with van der Waals surface area (Å²) in [6.07, 6.45) is 0.348. The monoisotopic (exact) mass is 241 g/mol. The van der Waals surface area contributed by atoms with Crippen LogP contribution in [-0.2, 0) is 6.42 Å². The first-order chi connectivity index (χ1) is 8.72. The molecule has 5 heteroatoms. The second-order valence-corrected chi connectivity index (χ2v) is 4.10. The van der Waals surface area contributed by atoms with E-state index in [9.17, 15) is 4.79 Å². The summed E-state index contributed by atoms with van der Waals surface area (Å²) >= 11 is 0.